The van der Waals surface area contributed by atoms with Crippen LogP contribution in [0, 0.1) is 11.5 Å². The Morgan fingerprint density at radius 1 is 1.00 bits per heavy atom. The predicted molar refractivity (Wildman–Crippen MR) is 130 cm³/mol. The van der Waals surface area contributed by atoms with E-state index in [1.165, 1.54) is 0 Å². The van der Waals surface area contributed by atoms with Gasteiger partial charge in [0.2, 0.25) is 0 Å². The number of carbonyl (C=O) groups excluding carboxylic acids is 1. The monoisotopic (exact) mass is 431 g/mol. The first kappa shape index (κ1) is 22.6. The molecule has 0 aliphatic carbocycles. The van der Waals surface area contributed by atoms with Crippen LogP contribution in [0.25, 0.3) is 21.5 Å². The van der Waals surface area contributed by atoms with Gasteiger partial charge in [-0.05, 0) is 32.6 Å². The molecule has 0 saturated carbocycles. The largest absolute Gasteiger partial charge is 0.480 e. The number of amides is 1. The summed E-state index contributed by atoms with van der Waals surface area (Å²) in [5, 5.41) is 16.0. The van der Waals surface area contributed by atoms with E-state index in [9.17, 15) is 14.7 Å². The van der Waals surface area contributed by atoms with Gasteiger partial charge in [0.05, 0.1) is 5.56 Å². The third-order valence-electron chi connectivity index (χ3n) is 6.18. The number of carboxylic acids is 1. The molecule has 0 aliphatic heterocycles. The van der Waals surface area contributed by atoms with Crippen LogP contribution in [0.5, 0.6) is 0 Å². The number of carbonyl (C=O) groups is 2. The van der Waals surface area contributed by atoms with Crippen LogP contribution in [0.4, 0.5) is 0 Å². The van der Waals surface area contributed by atoms with Gasteiger partial charge in [-0.2, -0.15) is 0 Å². The number of aliphatic carboxylic acids is 1. The molecule has 2 N–H and O–H groups in total. The van der Waals surface area contributed by atoms with Crippen molar-refractivity contribution in [2.75, 3.05) is 0 Å². The standard InChI is InChI=1S/C26H29NO3Si/c1-26(2,3)31(4,5)16-10-15-22(25(29)30)27-24(28)23-20-13-8-6-11-18(20)17-19-12-7-9-14-21(19)23/h6-9,11-14,17,22H,15H2,1-5H3,(H,27,28)(H,29,30)/t22-/m1/s1. The van der Waals surface area contributed by atoms with Crippen molar-refractivity contribution in [1.29, 1.82) is 0 Å². The summed E-state index contributed by atoms with van der Waals surface area (Å²) < 4.78 is 0. The Morgan fingerprint density at radius 3 is 2.00 bits per heavy atom. The third-order valence-corrected chi connectivity index (χ3v) is 10.7. The molecule has 160 valence electrons. The predicted octanol–water partition coefficient (Wildman–Crippen LogP) is 5.62. The first-order valence-electron chi connectivity index (χ1n) is 10.5. The molecule has 4 nitrogen and oxygen atoms in total. The van der Waals surface area contributed by atoms with Gasteiger partial charge in [-0.15, -0.1) is 11.5 Å². The molecule has 1 amide bonds. The molecular weight excluding hydrogens is 402 g/mol. The number of hydrogen-bond acceptors (Lipinski definition) is 2. The molecule has 3 rings (SSSR count). The number of rotatable bonds is 4. The second kappa shape index (κ2) is 8.56. The topological polar surface area (TPSA) is 66.4 Å². The zero-order chi connectivity index (χ0) is 22.8. The molecule has 3 aromatic rings. The van der Waals surface area contributed by atoms with Gasteiger partial charge in [-0.25, -0.2) is 4.79 Å². The van der Waals surface area contributed by atoms with Crippen molar-refractivity contribution in [2.24, 2.45) is 0 Å². The zero-order valence-electron chi connectivity index (χ0n) is 18.7. The van der Waals surface area contributed by atoms with Gasteiger partial charge < -0.3 is 10.4 Å². The highest BCUT2D eigenvalue weighted by Gasteiger charge is 2.33. The van der Waals surface area contributed by atoms with Gasteiger partial charge in [0.15, 0.2) is 0 Å². The summed E-state index contributed by atoms with van der Waals surface area (Å²) in [6.45, 7) is 10.8. The number of carboxylic acid groups (broad SMARTS) is 1. The van der Waals surface area contributed by atoms with E-state index in [1.807, 2.05) is 54.6 Å². The summed E-state index contributed by atoms with van der Waals surface area (Å²) in [6.07, 6.45) is 0.0796. The molecule has 0 fully saturated rings. The Labute approximate surface area is 184 Å². The fourth-order valence-corrected chi connectivity index (χ4v) is 4.17. The van der Waals surface area contributed by atoms with Crippen molar-refractivity contribution < 1.29 is 14.7 Å². The van der Waals surface area contributed by atoms with E-state index in [2.05, 4.69) is 50.6 Å². The fourth-order valence-electron chi connectivity index (χ4n) is 3.25. The first-order valence-corrected chi connectivity index (χ1v) is 13.5. The molecule has 31 heavy (non-hydrogen) atoms. The highest BCUT2D eigenvalue weighted by atomic mass is 28.3. The number of hydrogen-bond donors (Lipinski definition) is 2. The minimum Gasteiger partial charge on any atom is -0.480 e. The van der Waals surface area contributed by atoms with Crippen molar-refractivity contribution in [3.05, 3.63) is 60.2 Å². The van der Waals surface area contributed by atoms with Crippen LogP contribution < -0.4 is 5.32 Å². The van der Waals surface area contributed by atoms with Crippen molar-refractivity contribution in [2.45, 2.75) is 51.4 Å². The summed E-state index contributed by atoms with van der Waals surface area (Å²) in [5.41, 5.74) is 3.83. The van der Waals surface area contributed by atoms with Crippen molar-refractivity contribution in [3.8, 4) is 11.5 Å². The summed E-state index contributed by atoms with van der Waals surface area (Å²) in [5.74, 6) is 1.59. The quantitative estimate of drug-likeness (QED) is 0.320. The Bertz CT molecular complexity index is 1160. The smallest absolute Gasteiger partial charge is 0.327 e. The maximum atomic E-state index is 13.3. The lowest BCUT2D eigenvalue weighted by Crippen LogP contribution is -2.41. The van der Waals surface area contributed by atoms with Gasteiger partial charge in [0.1, 0.15) is 14.1 Å². The van der Waals surface area contributed by atoms with Crippen LogP contribution in [0.2, 0.25) is 18.1 Å². The molecule has 0 saturated heterocycles. The van der Waals surface area contributed by atoms with E-state index in [-0.39, 0.29) is 11.5 Å². The summed E-state index contributed by atoms with van der Waals surface area (Å²) in [6, 6.07) is 16.3. The summed E-state index contributed by atoms with van der Waals surface area (Å²) in [4.78, 5) is 25.2. The van der Waals surface area contributed by atoms with E-state index in [4.69, 9.17) is 0 Å². The SMILES string of the molecule is CC(C)(C)[Si](C)(C)C#CC[C@@H](NC(=O)c1c2ccccc2cc2ccccc12)C(=O)O. The van der Waals surface area contributed by atoms with Crippen LogP contribution in [0.1, 0.15) is 37.6 Å². The number of fused-ring (bicyclic) bond motifs is 2. The molecule has 0 aliphatic rings. The minimum absolute atomic E-state index is 0.0796. The van der Waals surface area contributed by atoms with Gasteiger partial charge in [0.25, 0.3) is 5.91 Å². The lowest BCUT2D eigenvalue weighted by atomic mass is 9.96. The molecule has 0 radical (unpaired) electrons. The van der Waals surface area contributed by atoms with Gasteiger partial charge in [-0.1, -0.05) is 82.4 Å². The highest BCUT2D eigenvalue weighted by molar-refractivity contribution is 6.87. The van der Waals surface area contributed by atoms with Crippen molar-refractivity contribution in [1.82, 2.24) is 5.32 Å². The Kier molecular flexibility index (Phi) is 6.24. The molecule has 0 aromatic heterocycles. The van der Waals surface area contributed by atoms with Crippen molar-refractivity contribution in [3.63, 3.8) is 0 Å². The molecule has 3 aromatic carbocycles. The Morgan fingerprint density at radius 2 is 1.52 bits per heavy atom. The van der Waals surface area contributed by atoms with E-state index < -0.39 is 26.0 Å². The van der Waals surface area contributed by atoms with E-state index in [0.29, 0.717) is 5.56 Å². The average molecular weight is 432 g/mol. The van der Waals surface area contributed by atoms with E-state index >= 15 is 0 Å². The van der Waals surface area contributed by atoms with E-state index in [0.717, 1.165) is 21.5 Å². The van der Waals surface area contributed by atoms with Crippen LogP contribution in [0.3, 0.4) is 0 Å². The first-order chi connectivity index (χ1) is 14.5. The second-order valence-electron chi connectivity index (χ2n) is 9.44. The minimum atomic E-state index is -1.85. The van der Waals surface area contributed by atoms with Gasteiger partial charge >= 0.3 is 5.97 Å². The summed E-state index contributed by atoms with van der Waals surface area (Å²) in [7, 11) is -1.85. The molecule has 1 atom stereocenters. The van der Waals surface area contributed by atoms with Crippen LogP contribution in [0.15, 0.2) is 54.6 Å². The molecule has 0 bridgehead atoms. The average Bonchev–Trinajstić information content (AvgIpc) is 2.70. The molecule has 0 unspecified atom stereocenters. The molecule has 0 heterocycles. The maximum Gasteiger partial charge on any atom is 0.327 e. The van der Waals surface area contributed by atoms with Crippen LogP contribution in [-0.4, -0.2) is 31.1 Å². The zero-order valence-corrected chi connectivity index (χ0v) is 19.7. The van der Waals surface area contributed by atoms with Gasteiger partial charge in [0, 0.05) is 6.42 Å². The second-order valence-corrected chi connectivity index (χ2v) is 14.4. The van der Waals surface area contributed by atoms with Crippen LogP contribution >= 0.6 is 0 Å². The molecule has 0 spiro atoms. The normalized spacial score (nSPS) is 12.8. The van der Waals surface area contributed by atoms with E-state index in [1.54, 1.807) is 0 Å². The number of benzene rings is 3. The fraction of sp³-hybridized carbons (Fsp3) is 0.308. The lowest BCUT2D eigenvalue weighted by molar-refractivity contribution is -0.139. The Balaban J connectivity index is 1.95. The Hall–Kier alpha value is -3.10. The third kappa shape index (κ3) is 4.81. The molecular formula is C26H29NO3Si. The van der Waals surface area contributed by atoms with Gasteiger partial charge in [-0.3, -0.25) is 4.79 Å². The molecule has 5 heteroatoms. The van der Waals surface area contributed by atoms with Crippen LogP contribution in [-0.2, 0) is 4.79 Å². The lowest BCUT2D eigenvalue weighted by Gasteiger charge is -2.31. The number of nitrogens with one attached hydrogen (secondary N) is 1. The highest BCUT2D eigenvalue weighted by Crippen LogP contribution is 2.35. The van der Waals surface area contributed by atoms with Crippen molar-refractivity contribution >= 4 is 41.5 Å². The maximum absolute atomic E-state index is 13.3. The summed E-state index contributed by atoms with van der Waals surface area (Å²) >= 11 is 0.